The van der Waals surface area contributed by atoms with Crippen molar-refractivity contribution in [3.63, 3.8) is 0 Å². The highest BCUT2D eigenvalue weighted by atomic mass is 35.5. The van der Waals surface area contributed by atoms with E-state index >= 15 is 0 Å². The van der Waals surface area contributed by atoms with Crippen molar-refractivity contribution in [1.82, 2.24) is 9.78 Å². The Hall–Kier alpha value is -0.540. The molecule has 0 aromatic carbocycles. The van der Waals surface area contributed by atoms with Crippen LogP contribution in [-0.2, 0) is 18.2 Å². The fourth-order valence-corrected chi connectivity index (χ4v) is 1.40. The van der Waals surface area contributed by atoms with Crippen LogP contribution < -0.4 is 0 Å². The number of alkyl halides is 1. The molecule has 0 spiro atoms. The normalized spacial score (nSPS) is 13.2. The van der Waals surface area contributed by atoms with Gasteiger partial charge in [0.2, 0.25) is 0 Å². The number of aromatic nitrogens is 2. The monoisotopic (exact) mass is 202 g/mol. The Morgan fingerprint density at radius 2 is 2.46 bits per heavy atom. The topological polar surface area (TPSA) is 27.1 Å². The lowest BCUT2D eigenvalue weighted by Gasteiger charge is -2.05. The van der Waals surface area contributed by atoms with Gasteiger partial charge in [-0.15, -0.1) is 11.6 Å². The molecule has 4 heteroatoms. The van der Waals surface area contributed by atoms with Crippen LogP contribution in [0.2, 0.25) is 0 Å². The molecule has 1 atom stereocenters. The number of nitrogens with zero attached hydrogens (tertiary/aromatic N) is 2. The molecule has 3 nitrogen and oxygen atoms in total. The Labute approximate surface area is 83.6 Å². The van der Waals surface area contributed by atoms with Gasteiger partial charge < -0.3 is 4.74 Å². The van der Waals surface area contributed by atoms with Crippen LogP contribution in [-0.4, -0.2) is 28.9 Å². The maximum Gasteiger partial charge on any atom is 0.0626 e. The third kappa shape index (κ3) is 3.79. The Balaban J connectivity index is 2.26. The lowest BCUT2D eigenvalue weighted by Crippen LogP contribution is -2.08. The standard InChI is InChI=1S/C9H15ClN2O/c1-12-6-5-9(11-12)4-3-8(10)7-13-2/h5-6,8H,3-4,7H2,1-2H3. The molecule has 0 N–H and O–H groups in total. The minimum atomic E-state index is 0.0898. The second kappa shape index (κ2) is 5.25. The fourth-order valence-electron chi connectivity index (χ4n) is 1.17. The number of aryl methyl sites for hydroxylation is 2. The van der Waals surface area contributed by atoms with Crippen LogP contribution in [0.15, 0.2) is 12.3 Å². The molecule has 1 aromatic heterocycles. The quantitative estimate of drug-likeness (QED) is 0.679. The van der Waals surface area contributed by atoms with Crippen molar-refractivity contribution in [3.05, 3.63) is 18.0 Å². The van der Waals surface area contributed by atoms with E-state index in [2.05, 4.69) is 5.10 Å². The summed E-state index contributed by atoms with van der Waals surface area (Å²) < 4.78 is 6.74. The van der Waals surface area contributed by atoms with Gasteiger partial charge in [0.1, 0.15) is 0 Å². The van der Waals surface area contributed by atoms with Crippen molar-refractivity contribution in [2.45, 2.75) is 18.2 Å². The molecule has 74 valence electrons. The van der Waals surface area contributed by atoms with Gasteiger partial charge in [0.15, 0.2) is 0 Å². The second-order valence-corrected chi connectivity index (χ2v) is 3.69. The van der Waals surface area contributed by atoms with Crippen LogP contribution in [0, 0.1) is 0 Å². The number of halogens is 1. The van der Waals surface area contributed by atoms with Crippen molar-refractivity contribution in [3.8, 4) is 0 Å². The molecule has 0 saturated heterocycles. The van der Waals surface area contributed by atoms with Crippen molar-refractivity contribution < 1.29 is 4.74 Å². The summed E-state index contributed by atoms with van der Waals surface area (Å²) in [6.45, 7) is 0.606. The number of rotatable bonds is 5. The van der Waals surface area contributed by atoms with E-state index in [0.29, 0.717) is 6.61 Å². The largest absolute Gasteiger partial charge is 0.383 e. The molecular weight excluding hydrogens is 188 g/mol. The number of hydrogen-bond acceptors (Lipinski definition) is 2. The smallest absolute Gasteiger partial charge is 0.0626 e. The predicted octanol–water partition coefficient (Wildman–Crippen LogP) is 1.61. The van der Waals surface area contributed by atoms with Crippen molar-refractivity contribution in [2.75, 3.05) is 13.7 Å². The first-order valence-corrected chi connectivity index (χ1v) is 4.77. The summed E-state index contributed by atoms with van der Waals surface area (Å²) in [7, 11) is 3.58. The van der Waals surface area contributed by atoms with Gasteiger partial charge in [0.25, 0.3) is 0 Å². The first-order valence-electron chi connectivity index (χ1n) is 4.34. The summed E-state index contributed by atoms with van der Waals surface area (Å²) in [5.74, 6) is 0. The highest BCUT2D eigenvalue weighted by molar-refractivity contribution is 6.20. The lowest BCUT2D eigenvalue weighted by molar-refractivity contribution is 0.195. The molecule has 0 aliphatic heterocycles. The van der Waals surface area contributed by atoms with Crippen molar-refractivity contribution in [2.24, 2.45) is 7.05 Å². The van der Waals surface area contributed by atoms with Gasteiger partial charge in [0, 0.05) is 20.4 Å². The predicted molar refractivity (Wildman–Crippen MR) is 53.0 cm³/mol. The van der Waals surface area contributed by atoms with Gasteiger partial charge in [-0.2, -0.15) is 5.10 Å². The molecule has 0 radical (unpaired) electrons. The van der Waals surface area contributed by atoms with Gasteiger partial charge in [-0.25, -0.2) is 0 Å². The molecule has 1 rings (SSSR count). The second-order valence-electron chi connectivity index (χ2n) is 3.07. The Kier molecular flexibility index (Phi) is 4.25. The summed E-state index contributed by atoms with van der Waals surface area (Å²) in [6, 6.07) is 2.01. The van der Waals surface area contributed by atoms with E-state index in [1.54, 1.807) is 11.8 Å². The Morgan fingerprint density at radius 3 is 3.00 bits per heavy atom. The molecule has 0 saturated carbocycles. The molecule has 1 heterocycles. The molecule has 1 aromatic rings. The van der Waals surface area contributed by atoms with Gasteiger partial charge >= 0.3 is 0 Å². The van der Waals surface area contributed by atoms with Crippen molar-refractivity contribution in [1.29, 1.82) is 0 Å². The van der Waals surface area contributed by atoms with Crippen LogP contribution >= 0.6 is 11.6 Å². The van der Waals surface area contributed by atoms with Crippen LogP contribution in [0.3, 0.4) is 0 Å². The first-order chi connectivity index (χ1) is 6.22. The molecule has 0 aliphatic rings. The summed E-state index contributed by atoms with van der Waals surface area (Å²) in [6.07, 6.45) is 3.76. The molecular formula is C9H15ClN2O. The van der Waals surface area contributed by atoms with Crippen LogP contribution in [0.4, 0.5) is 0 Å². The Bertz CT molecular complexity index is 250. The molecule has 0 amide bonds. The Morgan fingerprint density at radius 1 is 1.69 bits per heavy atom. The van der Waals surface area contributed by atoms with Gasteiger partial charge in [0.05, 0.1) is 17.7 Å². The average molecular weight is 203 g/mol. The van der Waals surface area contributed by atoms with Crippen molar-refractivity contribution >= 4 is 11.6 Å². The zero-order valence-corrected chi connectivity index (χ0v) is 8.79. The van der Waals surface area contributed by atoms with E-state index in [1.807, 2.05) is 19.3 Å². The van der Waals surface area contributed by atoms with E-state index in [0.717, 1.165) is 18.5 Å². The fraction of sp³-hybridized carbons (Fsp3) is 0.667. The molecule has 0 aliphatic carbocycles. The zero-order valence-electron chi connectivity index (χ0n) is 8.03. The van der Waals surface area contributed by atoms with Crippen LogP contribution in [0.5, 0.6) is 0 Å². The molecule has 13 heavy (non-hydrogen) atoms. The highest BCUT2D eigenvalue weighted by Gasteiger charge is 2.05. The number of hydrogen-bond donors (Lipinski definition) is 0. The maximum absolute atomic E-state index is 5.98. The summed E-state index contributed by atoms with van der Waals surface area (Å²) in [5, 5.41) is 4.35. The van der Waals surface area contributed by atoms with E-state index in [-0.39, 0.29) is 5.38 Å². The van der Waals surface area contributed by atoms with Crippen LogP contribution in [0.1, 0.15) is 12.1 Å². The minimum Gasteiger partial charge on any atom is -0.383 e. The first kappa shape index (κ1) is 10.5. The molecule has 0 bridgehead atoms. The SMILES string of the molecule is COCC(Cl)CCc1ccn(C)n1. The van der Waals surface area contributed by atoms with E-state index in [4.69, 9.17) is 16.3 Å². The highest BCUT2D eigenvalue weighted by Crippen LogP contribution is 2.07. The third-order valence-electron chi connectivity index (χ3n) is 1.83. The van der Waals surface area contributed by atoms with E-state index in [9.17, 15) is 0 Å². The molecule has 1 unspecified atom stereocenters. The summed E-state index contributed by atoms with van der Waals surface area (Å²) in [5.41, 5.74) is 1.09. The van der Waals surface area contributed by atoms with E-state index < -0.39 is 0 Å². The minimum absolute atomic E-state index is 0.0898. The lowest BCUT2D eigenvalue weighted by atomic mass is 10.2. The zero-order chi connectivity index (χ0) is 9.68. The number of methoxy groups -OCH3 is 1. The summed E-state index contributed by atoms with van der Waals surface area (Å²) in [4.78, 5) is 0. The average Bonchev–Trinajstić information content (AvgIpc) is 2.49. The maximum atomic E-state index is 5.98. The van der Waals surface area contributed by atoms with Crippen LogP contribution in [0.25, 0.3) is 0 Å². The summed E-state index contributed by atoms with van der Waals surface area (Å²) >= 11 is 5.98. The van der Waals surface area contributed by atoms with Gasteiger partial charge in [-0.1, -0.05) is 0 Å². The number of ether oxygens (including phenoxy) is 1. The third-order valence-corrected chi connectivity index (χ3v) is 2.17. The van der Waals surface area contributed by atoms with Gasteiger partial charge in [-0.05, 0) is 18.9 Å². The van der Waals surface area contributed by atoms with E-state index in [1.165, 1.54) is 0 Å². The molecule has 0 fully saturated rings. The van der Waals surface area contributed by atoms with Gasteiger partial charge in [-0.3, -0.25) is 4.68 Å².